The second-order valence-corrected chi connectivity index (χ2v) is 6.94. The SMILES string of the molecule is CS(=O)(=O)CC(=O)c1cc2[nH]c(=O)[nH]c2cc1Br. The summed E-state index contributed by atoms with van der Waals surface area (Å²) < 4.78 is 22.6. The Morgan fingerprint density at radius 1 is 1.28 bits per heavy atom. The quantitative estimate of drug-likeness (QED) is 0.813. The number of imidazole rings is 1. The number of aromatic nitrogens is 2. The molecule has 2 aromatic rings. The summed E-state index contributed by atoms with van der Waals surface area (Å²) >= 11 is 3.18. The Balaban J connectivity index is 2.54. The first-order valence-corrected chi connectivity index (χ1v) is 7.74. The number of sulfone groups is 1. The average Bonchev–Trinajstić information content (AvgIpc) is 2.53. The second kappa shape index (κ2) is 4.36. The van der Waals surface area contributed by atoms with Crippen molar-refractivity contribution in [2.45, 2.75) is 0 Å². The van der Waals surface area contributed by atoms with Gasteiger partial charge in [0.15, 0.2) is 15.6 Å². The number of benzene rings is 1. The highest BCUT2D eigenvalue weighted by atomic mass is 79.9. The summed E-state index contributed by atoms with van der Waals surface area (Å²) in [6.07, 6.45) is 0.996. The van der Waals surface area contributed by atoms with Crippen LogP contribution in [0.2, 0.25) is 0 Å². The standard InChI is InChI=1S/C10H9BrN2O4S/c1-18(16,17)4-9(14)5-2-7-8(3-6(5)11)13-10(15)12-7/h2-3H,4H2,1H3,(H2,12,13,15). The molecule has 0 spiro atoms. The first-order chi connectivity index (χ1) is 8.26. The van der Waals surface area contributed by atoms with Crippen LogP contribution in [-0.2, 0) is 9.84 Å². The summed E-state index contributed by atoms with van der Waals surface area (Å²) in [5.41, 5.74) is 0.843. The van der Waals surface area contributed by atoms with Crippen molar-refractivity contribution in [2.24, 2.45) is 0 Å². The molecule has 18 heavy (non-hydrogen) atoms. The molecule has 2 rings (SSSR count). The number of carbonyl (C=O) groups excluding carboxylic acids is 1. The molecule has 0 aliphatic rings. The smallest absolute Gasteiger partial charge is 0.306 e. The van der Waals surface area contributed by atoms with Gasteiger partial charge < -0.3 is 9.97 Å². The van der Waals surface area contributed by atoms with Crippen LogP contribution in [-0.4, -0.2) is 36.2 Å². The van der Waals surface area contributed by atoms with E-state index in [0.717, 1.165) is 6.26 Å². The van der Waals surface area contributed by atoms with Gasteiger partial charge in [-0.2, -0.15) is 0 Å². The van der Waals surface area contributed by atoms with E-state index in [1.807, 2.05) is 0 Å². The van der Waals surface area contributed by atoms with Crippen LogP contribution in [0.1, 0.15) is 10.4 Å². The Kier molecular flexibility index (Phi) is 3.16. The number of nitrogens with one attached hydrogen (secondary N) is 2. The highest BCUT2D eigenvalue weighted by Gasteiger charge is 2.17. The molecule has 0 amide bonds. The van der Waals surface area contributed by atoms with Gasteiger partial charge in [-0.1, -0.05) is 0 Å². The fraction of sp³-hybridized carbons (Fsp3) is 0.200. The molecule has 0 atom stereocenters. The predicted octanol–water partition coefficient (Wildman–Crippen LogP) is 0.846. The van der Waals surface area contributed by atoms with E-state index in [4.69, 9.17) is 0 Å². The van der Waals surface area contributed by atoms with Gasteiger partial charge in [0.1, 0.15) is 5.75 Å². The maximum atomic E-state index is 11.8. The molecule has 1 aromatic carbocycles. The zero-order valence-corrected chi connectivity index (χ0v) is 11.7. The maximum absolute atomic E-state index is 11.8. The van der Waals surface area contributed by atoms with Gasteiger partial charge in [-0.3, -0.25) is 4.79 Å². The fourth-order valence-corrected chi connectivity index (χ4v) is 2.78. The van der Waals surface area contributed by atoms with Gasteiger partial charge in [0.05, 0.1) is 11.0 Å². The molecule has 1 aromatic heterocycles. The average molecular weight is 333 g/mol. The third-order valence-electron chi connectivity index (χ3n) is 2.30. The minimum atomic E-state index is -3.39. The van der Waals surface area contributed by atoms with Crippen LogP contribution in [0, 0.1) is 0 Å². The van der Waals surface area contributed by atoms with Crippen molar-refractivity contribution >= 4 is 42.6 Å². The van der Waals surface area contributed by atoms with Crippen LogP contribution in [0.5, 0.6) is 0 Å². The van der Waals surface area contributed by atoms with Crippen molar-refractivity contribution in [1.29, 1.82) is 0 Å². The number of H-pyrrole nitrogens is 2. The van der Waals surface area contributed by atoms with E-state index in [1.54, 1.807) is 6.07 Å². The molecule has 8 heteroatoms. The summed E-state index contributed by atoms with van der Waals surface area (Å²) in [6.45, 7) is 0. The van der Waals surface area contributed by atoms with Crippen LogP contribution < -0.4 is 5.69 Å². The summed E-state index contributed by atoms with van der Waals surface area (Å²) in [7, 11) is -3.39. The van der Waals surface area contributed by atoms with Crippen molar-refractivity contribution in [3.05, 3.63) is 32.7 Å². The summed E-state index contributed by atoms with van der Waals surface area (Å²) in [5.74, 6) is -1.08. The second-order valence-electron chi connectivity index (χ2n) is 3.95. The number of aromatic amines is 2. The zero-order chi connectivity index (χ0) is 13.5. The maximum Gasteiger partial charge on any atom is 0.323 e. The molecule has 96 valence electrons. The first kappa shape index (κ1) is 13.0. The molecule has 2 N–H and O–H groups in total. The van der Waals surface area contributed by atoms with Gasteiger partial charge in [0.25, 0.3) is 0 Å². The van der Waals surface area contributed by atoms with E-state index >= 15 is 0 Å². The van der Waals surface area contributed by atoms with Crippen molar-refractivity contribution in [2.75, 3.05) is 12.0 Å². The molecular weight excluding hydrogens is 324 g/mol. The lowest BCUT2D eigenvalue weighted by atomic mass is 10.1. The van der Waals surface area contributed by atoms with Gasteiger partial charge in [0.2, 0.25) is 0 Å². The van der Waals surface area contributed by atoms with E-state index in [0.29, 0.717) is 15.5 Å². The molecule has 0 radical (unpaired) electrons. The molecule has 0 aliphatic carbocycles. The number of carbonyl (C=O) groups is 1. The van der Waals surface area contributed by atoms with Crippen molar-refractivity contribution < 1.29 is 13.2 Å². The number of hydrogen-bond donors (Lipinski definition) is 2. The van der Waals surface area contributed by atoms with Gasteiger partial charge in [0, 0.05) is 16.3 Å². The van der Waals surface area contributed by atoms with E-state index in [2.05, 4.69) is 25.9 Å². The van der Waals surface area contributed by atoms with E-state index in [9.17, 15) is 18.0 Å². The van der Waals surface area contributed by atoms with Gasteiger partial charge in [-0.15, -0.1) is 0 Å². The molecule has 0 saturated heterocycles. The van der Waals surface area contributed by atoms with Gasteiger partial charge in [-0.25, -0.2) is 13.2 Å². The number of ketones is 1. The topological polar surface area (TPSA) is 99.9 Å². The molecular formula is C10H9BrN2O4S. The van der Waals surface area contributed by atoms with Crippen molar-refractivity contribution in [3.63, 3.8) is 0 Å². The lowest BCUT2D eigenvalue weighted by Gasteiger charge is -2.03. The first-order valence-electron chi connectivity index (χ1n) is 4.89. The van der Waals surface area contributed by atoms with E-state index < -0.39 is 21.4 Å². The number of hydrogen-bond acceptors (Lipinski definition) is 4. The van der Waals surface area contributed by atoms with Crippen molar-refractivity contribution in [3.8, 4) is 0 Å². The monoisotopic (exact) mass is 332 g/mol. The van der Waals surface area contributed by atoms with Crippen molar-refractivity contribution in [1.82, 2.24) is 9.97 Å². The Hall–Kier alpha value is -1.41. The van der Waals surface area contributed by atoms with Gasteiger partial charge in [-0.05, 0) is 28.1 Å². The number of rotatable bonds is 3. The molecule has 0 fully saturated rings. The number of halogens is 1. The highest BCUT2D eigenvalue weighted by molar-refractivity contribution is 9.10. The van der Waals surface area contributed by atoms with Crippen LogP contribution in [0.15, 0.2) is 21.4 Å². The molecule has 0 bridgehead atoms. The largest absolute Gasteiger partial charge is 0.323 e. The summed E-state index contributed by atoms with van der Waals surface area (Å²) in [5, 5.41) is 0. The minimum absolute atomic E-state index is 0.225. The Bertz CT molecular complexity index is 788. The minimum Gasteiger partial charge on any atom is -0.306 e. The molecule has 1 heterocycles. The molecule has 0 aliphatic heterocycles. The Morgan fingerprint density at radius 2 is 1.83 bits per heavy atom. The molecule has 0 saturated carbocycles. The van der Waals surface area contributed by atoms with Crippen LogP contribution >= 0.6 is 15.9 Å². The van der Waals surface area contributed by atoms with Crippen LogP contribution in [0.25, 0.3) is 11.0 Å². The lowest BCUT2D eigenvalue weighted by Crippen LogP contribution is -2.15. The third-order valence-corrected chi connectivity index (χ3v) is 3.74. The Labute approximate surface area is 110 Å². The summed E-state index contributed by atoms with van der Waals surface area (Å²) in [6, 6.07) is 3.01. The Morgan fingerprint density at radius 3 is 2.39 bits per heavy atom. The molecule has 0 unspecified atom stereocenters. The predicted molar refractivity (Wildman–Crippen MR) is 70.7 cm³/mol. The summed E-state index contributed by atoms with van der Waals surface area (Å²) in [4.78, 5) is 28.0. The highest BCUT2D eigenvalue weighted by Crippen LogP contribution is 2.22. The normalized spacial score (nSPS) is 11.9. The zero-order valence-electron chi connectivity index (χ0n) is 9.28. The van der Waals surface area contributed by atoms with Crippen LogP contribution in [0.4, 0.5) is 0 Å². The van der Waals surface area contributed by atoms with E-state index in [-0.39, 0.29) is 11.3 Å². The fourth-order valence-electron chi connectivity index (χ4n) is 1.59. The number of fused-ring (bicyclic) bond motifs is 1. The third kappa shape index (κ3) is 2.70. The number of Topliss-reactive ketones (excluding diaryl/α,β-unsaturated/α-hetero) is 1. The van der Waals surface area contributed by atoms with Crippen LogP contribution in [0.3, 0.4) is 0 Å². The van der Waals surface area contributed by atoms with E-state index in [1.165, 1.54) is 6.07 Å². The molecule has 6 nitrogen and oxygen atoms in total. The van der Waals surface area contributed by atoms with Gasteiger partial charge >= 0.3 is 5.69 Å². The lowest BCUT2D eigenvalue weighted by molar-refractivity contribution is 0.102.